The summed E-state index contributed by atoms with van der Waals surface area (Å²) < 4.78 is 19.7. The van der Waals surface area contributed by atoms with Crippen molar-refractivity contribution < 1.29 is 18.7 Å². The van der Waals surface area contributed by atoms with E-state index in [4.69, 9.17) is 16.3 Å². The Balaban J connectivity index is 1.62. The van der Waals surface area contributed by atoms with E-state index < -0.39 is 11.7 Å². The highest BCUT2D eigenvalue weighted by Gasteiger charge is 2.20. The largest absolute Gasteiger partial charge is 0.493 e. The molecule has 1 N–H and O–H groups in total. The van der Waals surface area contributed by atoms with E-state index in [0.717, 1.165) is 46.8 Å². The predicted molar refractivity (Wildman–Crippen MR) is 109 cm³/mol. The van der Waals surface area contributed by atoms with Gasteiger partial charge in [-0.05, 0) is 53.1 Å². The average molecular weight is 410 g/mol. The molecule has 4 rings (SSSR count). The summed E-state index contributed by atoms with van der Waals surface area (Å²) in [5.41, 5.74) is 4.20. The van der Waals surface area contributed by atoms with Crippen LogP contribution in [0.3, 0.4) is 0 Å². The number of amides is 1. The first-order chi connectivity index (χ1) is 14.0. The summed E-state index contributed by atoms with van der Waals surface area (Å²) in [4.78, 5) is 23.5. The Bertz CT molecular complexity index is 1110. The van der Waals surface area contributed by atoms with Gasteiger partial charge in [-0.3, -0.25) is 9.59 Å². The third-order valence-corrected chi connectivity index (χ3v) is 5.07. The lowest BCUT2D eigenvalue weighted by atomic mass is 9.97. The van der Waals surface area contributed by atoms with Gasteiger partial charge in [-0.25, -0.2) is 4.39 Å². The smallest absolute Gasteiger partial charge is 0.254 e. The summed E-state index contributed by atoms with van der Waals surface area (Å²) in [6, 6.07) is 15.2. The van der Waals surface area contributed by atoms with Gasteiger partial charge in [0.2, 0.25) is 0 Å². The van der Waals surface area contributed by atoms with Crippen molar-refractivity contribution >= 4 is 23.8 Å². The summed E-state index contributed by atoms with van der Waals surface area (Å²) in [5.74, 6) is -0.452. The first-order valence-electron chi connectivity index (χ1n) is 9.12. The van der Waals surface area contributed by atoms with Crippen molar-refractivity contribution in [3.8, 4) is 16.9 Å². The van der Waals surface area contributed by atoms with E-state index in [1.54, 1.807) is 6.07 Å². The number of benzene rings is 3. The van der Waals surface area contributed by atoms with E-state index in [0.29, 0.717) is 12.2 Å². The standard InChI is InChI=1S/C23H17ClFNO3/c24-19-4-5-20(21(25)11-19)23(28)26-12-18-10-17(9-16-6-7-29-22(16)18)15-3-1-2-14(8-15)13-27/h1-5,8-11,13H,6-7,12H2,(H,26,28). The lowest BCUT2D eigenvalue weighted by Crippen LogP contribution is -2.24. The van der Waals surface area contributed by atoms with Crippen molar-refractivity contribution in [2.45, 2.75) is 13.0 Å². The van der Waals surface area contributed by atoms with Crippen LogP contribution in [0, 0.1) is 5.82 Å². The Morgan fingerprint density at radius 3 is 2.79 bits per heavy atom. The van der Waals surface area contributed by atoms with Crippen LogP contribution in [0.15, 0.2) is 54.6 Å². The average Bonchev–Trinajstić information content (AvgIpc) is 3.20. The van der Waals surface area contributed by atoms with Crippen molar-refractivity contribution in [1.29, 1.82) is 0 Å². The molecule has 1 heterocycles. The van der Waals surface area contributed by atoms with E-state index in [2.05, 4.69) is 5.32 Å². The molecule has 6 heteroatoms. The number of hydrogen-bond donors (Lipinski definition) is 1. The van der Waals surface area contributed by atoms with E-state index in [1.807, 2.05) is 30.3 Å². The van der Waals surface area contributed by atoms with E-state index in [-0.39, 0.29) is 17.1 Å². The minimum Gasteiger partial charge on any atom is -0.493 e. The molecule has 1 amide bonds. The highest BCUT2D eigenvalue weighted by Crippen LogP contribution is 2.35. The third-order valence-electron chi connectivity index (χ3n) is 4.83. The Morgan fingerprint density at radius 1 is 1.14 bits per heavy atom. The molecule has 146 valence electrons. The van der Waals surface area contributed by atoms with Crippen LogP contribution in [0.1, 0.15) is 31.8 Å². The van der Waals surface area contributed by atoms with Gasteiger partial charge in [0.05, 0.1) is 12.2 Å². The van der Waals surface area contributed by atoms with Crippen LogP contribution in [0.2, 0.25) is 5.02 Å². The van der Waals surface area contributed by atoms with Gasteiger partial charge >= 0.3 is 0 Å². The van der Waals surface area contributed by atoms with Crippen LogP contribution in [0.5, 0.6) is 5.75 Å². The first-order valence-corrected chi connectivity index (χ1v) is 9.50. The number of fused-ring (bicyclic) bond motifs is 1. The van der Waals surface area contributed by atoms with Gasteiger partial charge in [-0.15, -0.1) is 0 Å². The fourth-order valence-electron chi connectivity index (χ4n) is 3.42. The van der Waals surface area contributed by atoms with E-state index in [9.17, 15) is 14.0 Å². The van der Waals surface area contributed by atoms with E-state index in [1.165, 1.54) is 12.1 Å². The predicted octanol–water partition coefficient (Wildman–Crippen LogP) is 4.82. The molecule has 0 saturated carbocycles. The SMILES string of the molecule is O=Cc1cccc(-c2cc3c(c(CNC(=O)c4ccc(Cl)cc4F)c2)OCC3)c1. The summed E-state index contributed by atoms with van der Waals surface area (Å²) in [6.07, 6.45) is 1.57. The summed E-state index contributed by atoms with van der Waals surface area (Å²) >= 11 is 5.75. The van der Waals surface area contributed by atoms with Crippen molar-refractivity contribution in [3.63, 3.8) is 0 Å². The van der Waals surface area contributed by atoms with Crippen LogP contribution in [0.4, 0.5) is 4.39 Å². The van der Waals surface area contributed by atoms with Gasteiger partial charge in [0.25, 0.3) is 5.91 Å². The molecule has 0 unspecified atom stereocenters. The van der Waals surface area contributed by atoms with Gasteiger partial charge in [0.15, 0.2) is 0 Å². The Labute approximate surface area is 172 Å². The molecule has 1 aliphatic rings. The monoisotopic (exact) mass is 409 g/mol. The summed E-state index contributed by atoms with van der Waals surface area (Å²) in [7, 11) is 0. The van der Waals surface area contributed by atoms with Crippen molar-refractivity contribution in [3.05, 3.63) is 87.7 Å². The Morgan fingerprint density at radius 2 is 2.00 bits per heavy atom. The maximum absolute atomic E-state index is 14.0. The fourth-order valence-corrected chi connectivity index (χ4v) is 3.58. The molecule has 3 aromatic rings. The number of ether oxygens (including phenoxy) is 1. The number of carbonyl (C=O) groups is 2. The Kier molecular flexibility index (Phi) is 5.32. The van der Waals surface area contributed by atoms with E-state index >= 15 is 0 Å². The third kappa shape index (κ3) is 4.00. The molecular formula is C23H17ClFNO3. The zero-order chi connectivity index (χ0) is 20.4. The molecule has 0 saturated heterocycles. The van der Waals surface area contributed by atoms with Gasteiger partial charge in [0, 0.05) is 29.1 Å². The van der Waals surface area contributed by atoms with Gasteiger partial charge < -0.3 is 10.1 Å². The lowest BCUT2D eigenvalue weighted by Gasteiger charge is -2.13. The molecule has 29 heavy (non-hydrogen) atoms. The molecule has 0 aromatic heterocycles. The molecule has 0 radical (unpaired) electrons. The topological polar surface area (TPSA) is 55.4 Å². The fraction of sp³-hybridized carbons (Fsp3) is 0.130. The number of nitrogens with one attached hydrogen (secondary N) is 1. The van der Waals surface area contributed by atoms with Crippen molar-refractivity contribution in [1.82, 2.24) is 5.32 Å². The first kappa shape index (κ1) is 19.2. The number of aldehydes is 1. The maximum atomic E-state index is 14.0. The molecule has 0 bridgehead atoms. The molecule has 4 nitrogen and oxygen atoms in total. The second-order valence-electron chi connectivity index (χ2n) is 6.77. The minimum atomic E-state index is -0.670. The number of halogens is 2. The summed E-state index contributed by atoms with van der Waals surface area (Å²) in [6.45, 7) is 0.754. The molecular weight excluding hydrogens is 393 g/mol. The molecule has 1 aliphatic heterocycles. The highest BCUT2D eigenvalue weighted by molar-refractivity contribution is 6.30. The van der Waals surface area contributed by atoms with Gasteiger partial charge in [0.1, 0.15) is 17.9 Å². The zero-order valence-electron chi connectivity index (χ0n) is 15.4. The van der Waals surface area contributed by atoms with Crippen LogP contribution < -0.4 is 10.1 Å². The van der Waals surface area contributed by atoms with Gasteiger partial charge in [-0.2, -0.15) is 0 Å². The maximum Gasteiger partial charge on any atom is 0.254 e. The number of rotatable bonds is 5. The second kappa shape index (κ2) is 8.05. The number of hydrogen-bond acceptors (Lipinski definition) is 3. The molecule has 0 aliphatic carbocycles. The molecule has 0 atom stereocenters. The second-order valence-corrected chi connectivity index (χ2v) is 7.21. The lowest BCUT2D eigenvalue weighted by molar-refractivity contribution is 0.0946. The normalized spacial score (nSPS) is 12.2. The molecule has 3 aromatic carbocycles. The Hall–Kier alpha value is -3.18. The number of carbonyl (C=O) groups excluding carboxylic acids is 2. The van der Waals surface area contributed by atoms with Crippen LogP contribution >= 0.6 is 11.6 Å². The molecule has 0 fully saturated rings. The highest BCUT2D eigenvalue weighted by atomic mass is 35.5. The van der Waals surface area contributed by atoms with Crippen molar-refractivity contribution in [2.24, 2.45) is 0 Å². The molecule has 0 spiro atoms. The van der Waals surface area contributed by atoms with Crippen molar-refractivity contribution in [2.75, 3.05) is 6.61 Å². The minimum absolute atomic E-state index is 0.0678. The zero-order valence-corrected chi connectivity index (χ0v) is 16.1. The van der Waals surface area contributed by atoms with Gasteiger partial charge in [-0.1, -0.05) is 29.8 Å². The summed E-state index contributed by atoms with van der Waals surface area (Å²) in [5, 5.41) is 2.98. The quantitative estimate of drug-likeness (QED) is 0.614. The van der Waals surface area contributed by atoms with Crippen LogP contribution in [-0.2, 0) is 13.0 Å². The van der Waals surface area contributed by atoms with Crippen LogP contribution in [0.25, 0.3) is 11.1 Å². The van der Waals surface area contributed by atoms with Crippen LogP contribution in [-0.4, -0.2) is 18.8 Å².